The van der Waals surface area contributed by atoms with E-state index in [9.17, 15) is 4.79 Å². The van der Waals surface area contributed by atoms with Gasteiger partial charge in [0.05, 0.1) is 13.2 Å². The van der Waals surface area contributed by atoms with Crippen LogP contribution in [-0.2, 0) is 4.79 Å². The Morgan fingerprint density at radius 2 is 2.57 bits per heavy atom. The lowest BCUT2D eigenvalue weighted by atomic mass is 10.1. The molecule has 0 saturated heterocycles. The average molecular weight is 200 g/mol. The van der Waals surface area contributed by atoms with Gasteiger partial charge in [0.25, 0.3) is 5.88 Å². The van der Waals surface area contributed by atoms with Crippen LogP contribution in [0.4, 0.5) is 0 Å². The molecule has 0 aliphatic rings. The van der Waals surface area contributed by atoms with Crippen LogP contribution in [-0.4, -0.2) is 23.3 Å². The van der Waals surface area contributed by atoms with E-state index in [0.29, 0.717) is 18.1 Å². The highest BCUT2D eigenvalue weighted by Crippen LogP contribution is 2.19. The second-order valence-electron chi connectivity index (χ2n) is 2.81. The highest BCUT2D eigenvalue weighted by atomic mass is 16.5. The SMILES string of the molecule is COc1cc(C(N)CCC(=O)O)on1. The molecule has 6 heteroatoms. The molecule has 1 atom stereocenters. The number of nitrogens with two attached hydrogens (primary N) is 1. The first kappa shape index (κ1) is 10.5. The quantitative estimate of drug-likeness (QED) is 0.720. The molecule has 0 bridgehead atoms. The molecule has 1 aromatic heterocycles. The van der Waals surface area contributed by atoms with E-state index in [-0.39, 0.29) is 6.42 Å². The molecule has 1 unspecified atom stereocenters. The fourth-order valence-electron chi connectivity index (χ4n) is 0.964. The zero-order chi connectivity index (χ0) is 10.6. The van der Waals surface area contributed by atoms with Gasteiger partial charge in [0, 0.05) is 12.5 Å². The maximum atomic E-state index is 10.3. The van der Waals surface area contributed by atoms with Crippen LogP contribution in [0.2, 0.25) is 0 Å². The van der Waals surface area contributed by atoms with Crippen LogP contribution in [0.25, 0.3) is 0 Å². The fourth-order valence-corrected chi connectivity index (χ4v) is 0.964. The summed E-state index contributed by atoms with van der Waals surface area (Å²) in [5, 5.41) is 12.0. The van der Waals surface area contributed by atoms with Gasteiger partial charge in [-0.25, -0.2) is 0 Å². The number of ether oxygens (including phenoxy) is 1. The molecule has 1 heterocycles. The van der Waals surface area contributed by atoms with Gasteiger partial charge >= 0.3 is 5.97 Å². The van der Waals surface area contributed by atoms with Crippen molar-refractivity contribution in [3.63, 3.8) is 0 Å². The third kappa shape index (κ3) is 2.74. The molecule has 3 N–H and O–H groups in total. The lowest BCUT2D eigenvalue weighted by molar-refractivity contribution is -0.137. The van der Waals surface area contributed by atoms with E-state index in [4.69, 9.17) is 20.1 Å². The Labute approximate surface area is 80.6 Å². The Morgan fingerprint density at radius 1 is 1.86 bits per heavy atom. The first-order valence-corrected chi connectivity index (χ1v) is 4.11. The van der Waals surface area contributed by atoms with Crippen molar-refractivity contribution >= 4 is 5.97 Å². The van der Waals surface area contributed by atoms with Crippen molar-refractivity contribution in [3.8, 4) is 5.88 Å². The van der Waals surface area contributed by atoms with Gasteiger partial charge in [-0.05, 0) is 11.6 Å². The van der Waals surface area contributed by atoms with Crippen LogP contribution in [0.1, 0.15) is 24.6 Å². The Bertz CT molecular complexity index is 310. The van der Waals surface area contributed by atoms with E-state index in [1.165, 1.54) is 7.11 Å². The standard InChI is InChI=1S/C8H12N2O4/c1-13-7-4-6(14-10-7)5(9)2-3-8(11)12/h4-5H,2-3,9H2,1H3,(H,11,12). The Kier molecular flexibility index (Phi) is 3.47. The minimum atomic E-state index is -0.882. The summed E-state index contributed by atoms with van der Waals surface area (Å²) in [7, 11) is 1.46. The van der Waals surface area contributed by atoms with Crippen molar-refractivity contribution in [2.75, 3.05) is 7.11 Å². The van der Waals surface area contributed by atoms with Gasteiger partial charge in [-0.2, -0.15) is 0 Å². The summed E-state index contributed by atoms with van der Waals surface area (Å²) in [6.07, 6.45) is 0.317. The zero-order valence-corrected chi connectivity index (χ0v) is 7.77. The van der Waals surface area contributed by atoms with E-state index in [1.54, 1.807) is 6.07 Å². The molecule has 0 amide bonds. The predicted octanol–water partition coefficient (Wildman–Crippen LogP) is 0.548. The number of hydrogen-bond donors (Lipinski definition) is 2. The highest BCUT2D eigenvalue weighted by molar-refractivity contribution is 5.66. The van der Waals surface area contributed by atoms with Gasteiger partial charge in [-0.3, -0.25) is 4.79 Å². The smallest absolute Gasteiger partial charge is 0.303 e. The van der Waals surface area contributed by atoms with Gasteiger partial charge in [0.2, 0.25) is 0 Å². The van der Waals surface area contributed by atoms with Gasteiger partial charge < -0.3 is 20.1 Å². The largest absolute Gasteiger partial charge is 0.481 e. The van der Waals surface area contributed by atoms with Crippen LogP contribution in [0.5, 0.6) is 5.88 Å². The molecule has 1 aromatic rings. The summed E-state index contributed by atoms with van der Waals surface area (Å²) in [6, 6.07) is 1.09. The van der Waals surface area contributed by atoms with Crippen molar-refractivity contribution < 1.29 is 19.2 Å². The predicted molar refractivity (Wildman–Crippen MR) is 46.9 cm³/mol. The number of carboxylic acids is 1. The number of carboxylic acid groups (broad SMARTS) is 1. The summed E-state index contributed by atoms with van der Waals surface area (Å²) >= 11 is 0. The molecule has 0 saturated carbocycles. The van der Waals surface area contributed by atoms with E-state index < -0.39 is 12.0 Å². The minimum absolute atomic E-state index is 0.00415. The fraction of sp³-hybridized carbons (Fsp3) is 0.500. The first-order valence-electron chi connectivity index (χ1n) is 4.11. The third-order valence-electron chi connectivity index (χ3n) is 1.75. The molecule has 0 fully saturated rings. The van der Waals surface area contributed by atoms with E-state index in [1.807, 2.05) is 0 Å². The van der Waals surface area contributed by atoms with Crippen LogP contribution in [0.3, 0.4) is 0 Å². The number of aliphatic carboxylic acids is 1. The third-order valence-corrected chi connectivity index (χ3v) is 1.75. The first-order chi connectivity index (χ1) is 6.63. The lowest BCUT2D eigenvalue weighted by Crippen LogP contribution is -2.11. The number of aromatic nitrogens is 1. The van der Waals surface area contributed by atoms with Crippen molar-refractivity contribution in [2.24, 2.45) is 5.73 Å². The monoisotopic (exact) mass is 200 g/mol. The molecule has 0 aromatic carbocycles. The van der Waals surface area contributed by atoms with Gasteiger partial charge in [-0.1, -0.05) is 0 Å². The Morgan fingerprint density at radius 3 is 3.07 bits per heavy atom. The van der Waals surface area contributed by atoms with Crippen molar-refractivity contribution in [2.45, 2.75) is 18.9 Å². The van der Waals surface area contributed by atoms with Gasteiger partial charge in [-0.15, -0.1) is 0 Å². The number of nitrogens with zero attached hydrogens (tertiary/aromatic N) is 1. The zero-order valence-electron chi connectivity index (χ0n) is 7.77. The molecular formula is C8H12N2O4. The molecule has 78 valence electrons. The number of hydrogen-bond acceptors (Lipinski definition) is 5. The van der Waals surface area contributed by atoms with Crippen molar-refractivity contribution in [3.05, 3.63) is 11.8 Å². The summed E-state index contributed by atoms with van der Waals surface area (Å²) in [5.74, 6) is -0.110. The summed E-state index contributed by atoms with van der Waals surface area (Å²) in [6.45, 7) is 0. The molecule has 0 aliphatic heterocycles. The number of methoxy groups -OCH3 is 1. The lowest BCUT2D eigenvalue weighted by Gasteiger charge is -2.03. The summed E-state index contributed by atoms with van der Waals surface area (Å²) < 4.78 is 9.65. The van der Waals surface area contributed by atoms with Crippen LogP contribution in [0, 0.1) is 0 Å². The van der Waals surface area contributed by atoms with E-state index in [0.717, 1.165) is 0 Å². The Balaban J connectivity index is 2.51. The minimum Gasteiger partial charge on any atom is -0.481 e. The molecular weight excluding hydrogens is 188 g/mol. The van der Waals surface area contributed by atoms with Crippen molar-refractivity contribution in [1.82, 2.24) is 5.16 Å². The average Bonchev–Trinajstić information content (AvgIpc) is 2.62. The second kappa shape index (κ2) is 4.61. The molecule has 0 radical (unpaired) electrons. The highest BCUT2D eigenvalue weighted by Gasteiger charge is 2.14. The summed E-state index contributed by atoms with van der Waals surface area (Å²) in [5.41, 5.74) is 5.66. The normalized spacial score (nSPS) is 12.4. The van der Waals surface area contributed by atoms with Gasteiger partial charge in [0.1, 0.15) is 0 Å². The maximum absolute atomic E-state index is 10.3. The maximum Gasteiger partial charge on any atom is 0.303 e. The van der Waals surface area contributed by atoms with Crippen LogP contribution < -0.4 is 10.5 Å². The van der Waals surface area contributed by atoms with Gasteiger partial charge in [0.15, 0.2) is 5.76 Å². The van der Waals surface area contributed by atoms with Crippen molar-refractivity contribution in [1.29, 1.82) is 0 Å². The van der Waals surface area contributed by atoms with Crippen LogP contribution >= 0.6 is 0 Å². The van der Waals surface area contributed by atoms with E-state index >= 15 is 0 Å². The van der Waals surface area contributed by atoms with E-state index in [2.05, 4.69) is 5.16 Å². The summed E-state index contributed by atoms with van der Waals surface area (Å²) in [4.78, 5) is 10.3. The Hall–Kier alpha value is -1.56. The molecule has 6 nitrogen and oxygen atoms in total. The molecule has 14 heavy (non-hydrogen) atoms. The molecule has 1 rings (SSSR count). The number of carbonyl (C=O) groups is 1. The topological polar surface area (TPSA) is 98.6 Å². The molecule has 0 aliphatic carbocycles. The molecule has 0 spiro atoms. The van der Waals surface area contributed by atoms with Crippen LogP contribution in [0.15, 0.2) is 10.6 Å². The second-order valence-corrected chi connectivity index (χ2v) is 2.81. The number of rotatable bonds is 5.